The number of rotatable bonds is 3. The van der Waals surface area contributed by atoms with E-state index in [2.05, 4.69) is 35.8 Å². The third kappa shape index (κ3) is 2.61. The van der Waals surface area contributed by atoms with Crippen molar-refractivity contribution in [1.29, 1.82) is 0 Å². The van der Waals surface area contributed by atoms with Crippen molar-refractivity contribution in [2.45, 2.75) is 51.5 Å². The molecule has 0 bridgehead atoms. The molecule has 0 N–H and O–H groups in total. The van der Waals surface area contributed by atoms with Crippen LogP contribution in [0.4, 0.5) is 5.82 Å². The fourth-order valence-corrected chi connectivity index (χ4v) is 2.53. The molecule has 1 aliphatic carbocycles. The van der Waals surface area contributed by atoms with Gasteiger partial charge in [-0.15, -0.1) is 11.6 Å². The Labute approximate surface area is 115 Å². The van der Waals surface area contributed by atoms with Crippen LogP contribution in [0.2, 0.25) is 0 Å². The van der Waals surface area contributed by atoms with Crippen molar-refractivity contribution in [3.63, 3.8) is 0 Å². The monoisotopic (exact) mass is 267 g/mol. The minimum Gasteiger partial charge on any atom is -0.353 e. The molecule has 2 rings (SSSR count). The highest BCUT2D eigenvalue weighted by atomic mass is 35.5. The van der Waals surface area contributed by atoms with E-state index in [1.54, 1.807) is 6.33 Å². The van der Waals surface area contributed by atoms with Gasteiger partial charge in [0.15, 0.2) is 0 Å². The molecule has 0 saturated heterocycles. The number of alkyl halides is 1. The van der Waals surface area contributed by atoms with Gasteiger partial charge >= 0.3 is 0 Å². The molecule has 18 heavy (non-hydrogen) atoms. The molecular weight excluding hydrogens is 246 g/mol. The molecule has 0 radical (unpaired) electrons. The van der Waals surface area contributed by atoms with Crippen LogP contribution in [-0.2, 0) is 12.8 Å². The van der Waals surface area contributed by atoms with Gasteiger partial charge in [-0.05, 0) is 39.5 Å². The molecule has 0 aliphatic heterocycles. The summed E-state index contributed by atoms with van der Waals surface area (Å²) in [6.07, 6.45) is 7.64. The van der Waals surface area contributed by atoms with Crippen molar-refractivity contribution in [3.05, 3.63) is 17.6 Å². The fraction of sp³-hybridized carbons (Fsp3) is 0.714. The first-order valence-electron chi connectivity index (χ1n) is 6.69. The van der Waals surface area contributed by atoms with Crippen LogP contribution in [-0.4, -0.2) is 28.4 Å². The molecule has 3 nitrogen and oxygen atoms in total. The first-order valence-corrected chi connectivity index (χ1v) is 7.22. The Morgan fingerprint density at radius 3 is 2.67 bits per heavy atom. The summed E-state index contributed by atoms with van der Waals surface area (Å²) in [6.45, 7) is 4.29. The molecule has 0 spiro atoms. The summed E-state index contributed by atoms with van der Waals surface area (Å²) in [5.74, 6) is 1.65. The molecule has 1 aliphatic rings. The van der Waals surface area contributed by atoms with Crippen LogP contribution in [0.15, 0.2) is 6.33 Å². The fourth-order valence-electron chi connectivity index (χ4n) is 2.35. The summed E-state index contributed by atoms with van der Waals surface area (Å²) < 4.78 is 0. The van der Waals surface area contributed by atoms with Crippen LogP contribution in [0.1, 0.15) is 44.4 Å². The number of nitrogens with zero attached hydrogens (tertiary/aromatic N) is 3. The number of halogens is 1. The third-order valence-electron chi connectivity index (χ3n) is 3.90. The lowest BCUT2D eigenvalue weighted by molar-refractivity contribution is 0.537. The Bertz CT molecular complexity index is 418. The van der Waals surface area contributed by atoms with E-state index in [4.69, 9.17) is 11.6 Å². The van der Waals surface area contributed by atoms with Gasteiger partial charge in [-0.25, -0.2) is 9.97 Å². The van der Waals surface area contributed by atoms with Crippen LogP contribution in [0.3, 0.4) is 0 Å². The lowest BCUT2D eigenvalue weighted by Gasteiger charge is -2.36. The van der Waals surface area contributed by atoms with E-state index in [-0.39, 0.29) is 5.54 Å². The highest BCUT2D eigenvalue weighted by Gasteiger charge is 2.27. The summed E-state index contributed by atoms with van der Waals surface area (Å²) in [7, 11) is 2.08. The number of fused-ring (bicyclic) bond motifs is 1. The smallest absolute Gasteiger partial charge is 0.135 e. The third-order valence-corrected chi connectivity index (χ3v) is 4.56. The molecule has 0 fully saturated rings. The van der Waals surface area contributed by atoms with E-state index in [1.807, 2.05) is 0 Å². The van der Waals surface area contributed by atoms with Crippen LogP contribution in [0.25, 0.3) is 0 Å². The zero-order valence-electron chi connectivity index (χ0n) is 11.5. The van der Waals surface area contributed by atoms with E-state index in [9.17, 15) is 0 Å². The van der Waals surface area contributed by atoms with Gasteiger partial charge in [-0.1, -0.05) is 6.42 Å². The van der Waals surface area contributed by atoms with Crippen molar-refractivity contribution >= 4 is 17.4 Å². The van der Waals surface area contributed by atoms with Gasteiger partial charge in [0.25, 0.3) is 0 Å². The Hall–Kier alpha value is -0.830. The van der Waals surface area contributed by atoms with Crippen LogP contribution in [0, 0.1) is 0 Å². The standard InChI is InChI=1S/C14H22ClN3/c1-14(2,9-15)18(3)13-11-7-5-4-6-8-12(11)16-10-17-13/h10H,4-9H2,1-3H3. The van der Waals surface area contributed by atoms with E-state index < -0.39 is 0 Å². The second-order valence-corrected chi connectivity index (χ2v) is 5.96. The molecule has 0 amide bonds. The Kier molecular flexibility index (Phi) is 4.10. The topological polar surface area (TPSA) is 29.0 Å². The molecule has 1 aromatic rings. The maximum atomic E-state index is 6.07. The molecule has 0 atom stereocenters. The molecule has 0 saturated carbocycles. The van der Waals surface area contributed by atoms with E-state index >= 15 is 0 Å². The molecule has 100 valence electrons. The molecule has 4 heteroatoms. The maximum Gasteiger partial charge on any atom is 0.135 e. The largest absolute Gasteiger partial charge is 0.353 e. The summed E-state index contributed by atoms with van der Waals surface area (Å²) in [5.41, 5.74) is 2.47. The molecule has 1 aromatic heterocycles. The summed E-state index contributed by atoms with van der Waals surface area (Å²) >= 11 is 6.07. The second-order valence-electron chi connectivity index (χ2n) is 5.69. The zero-order chi connectivity index (χ0) is 13.2. The van der Waals surface area contributed by atoms with Gasteiger partial charge < -0.3 is 4.90 Å². The summed E-state index contributed by atoms with van der Waals surface area (Å²) in [6, 6.07) is 0. The minimum atomic E-state index is -0.0873. The highest BCUT2D eigenvalue weighted by molar-refractivity contribution is 6.18. The molecule has 0 aromatic carbocycles. The lowest BCUT2D eigenvalue weighted by atomic mass is 10.0. The average Bonchev–Trinajstić information content (AvgIpc) is 2.62. The van der Waals surface area contributed by atoms with Crippen molar-refractivity contribution < 1.29 is 0 Å². The van der Waals surface area contributed by atoms with Crippen molar-refractivity contribution in [2.75, 3.05) is 17.8 Å². The van der Waals surface area contributed by atoms with Gasteiger partial charge in [0.05, 0.1) is 0 Å². The van der Waals surface area contributed by atoms with Crippen LogP contribution >= 0.6 is 11.6 Å². The van der Waals surface area contributed by atoms with Crippen LogP contribution < -0.4 is 4.90 Å². The maximum absolute atomic E-state index is 6.07. The summed E-state index contributed by atoms with van der Waals surface area (Å²) in [4.78, 5) is 11.2. The highest BCUT2D eigenvalue weighted by Crippen LogP contribution is 2.29. The van der Waals surface area contributed by atoms with E-state index in [1.165, 1.54) is 30.5 Å². The minimum absolute atomic E-state index is 0.0873. The number of aryl methyl sites for hydroxylation is 1. The normalized spacial score (nSPS) is 16.0. The van der Waals surface area contributed by atoms with Gasteiger partial charge in [0.2, 0.25) is 0 Å². The molecule has 1 heterocycles. The predicted molar refractivity (Wildman–Crippen MR) is 76.5 cm³/mol. The first kappa shape index (κ1) is 13.6. The Balaban J connectivity index is 2.39. The number of hydrogen-bond donors (Lipinski definition) is 0. The quantitative estimate of drug-likeness (QED) is 0.622. The van der Waals surface area contributed by atoms with E-state index in [0.717, 1.165) is 18.7 Å². The van der Waals surface area contributed by atoms with Gasteiger partial charge in [0.1, 0.15) is 12.1 Å². The SMILES string of the molecule is CN(c1ncnc2c1CCCCC2)C(C)(C)CCl. The number of anilines is 1. The van der Waals surface area contributed by atoms with Gasteiger partial charge in [-0.2, -0.15) is 0 Å². The average molecular weight is 268 g/mol. The van der Waals surface area contributed by atoms with Gasteiger partial charge in [-0.3, -0.25) is 0 Å². The van der Waals surface area contributed by atoms with E-state index in [0.29, 0.717) is 5.88 Å². The van der Waals surface area contributed by atoms with Crippen molar-refractivity contribution in [2.24, 2.45) is 0 Å². The van der Waals surface area contributed by atoms with Crippen molar-refractivity contribution in [1.82, 2.24) is 9.97 Å². The first-order chi connectivity index (χ1) is 8.56. The Morgan fingerprint density at radius 2 is 1.94 bits per heavy atom. The number of aromatic nitrogens is 2. The second kappa shape index (κ2) is 5.43. The number of hydrogen-bond acceptors (Lipinski definition) is 3. The predicted octanol–water partition coefficient (Wildman–Crippen LogP) is 3.20. The van der Waals surface area contributed by atoms with Gasteiger partial charge in [0, 0.05) is 29.7 Å². The van der Waals surface area contributed by atoms with Crippen molar-refractivity contribution in [3.8, 4) is 0 Å². The molecule has 0 unspecified atom stereocenters. The zero-order valence-corrected chi connectivity index (χ0v) is 12.3. The summed E-state index contributed by atoms with van der Waals surface area (Å²) in [5, 5.41) is 0. The Morgan fingerprint density at radius 1 is 1.22 bits per heavy atom. The molecular formula is C14H22ClN3. The lowest BCUT2D eigenvalue weighted by Crippen LogP contribution is -2.44. The van der Waals surface area contributed by atoms with Crippen LogP contribution in [0.5, 0.6) is 0 Å².